The smallest absolute Gasteiger partial charge is 0.392 e. The molecule has 0 bridgehead atoms. The summed E-state index contributed by atoms with van der Waals surface area (Å²) in [6.07, 6.45) is -4.52. The molecule has 0 fully saturated rings. The number of para-hydroxylation sites is 2. The van der Waals surface area contributed by atoms with Gasteiger partial charge in [-0.15, -0.1) is 0 Å². The molecule has 1 aliphatic carbocycles. The number of nitrogens with one attached hydrogen (secondary N) is 1. The number of ether oxygens (including phenoxy) is 1. The summed E-state index contributed by atoms with van der Waals surface area (Å²) in [4.78, 5) is 27.2. The number of hydrogen-bond donors (Lipinski definition) is 1. The molecule has 4 rings (SSSR count). The predicted molar refractivity (Wildman–Crippen MR) is 101 cm³/mol. The topological polar surface area (TPSA) is 76.5 Å². The minimum absolute atomic E-state index is 0.0490. The van der Waals surface area contributed by atoms with E-state index in [-0.39, 0.29) is 37.5 Å². The third-order valence-electron chi connectivity index (χ3n) is 5.65. The zero-order chi connectivity index (χ0) is 21.6. The number of nitrogens with zero attached hydrogens (tertiary/aromatic N) is 3. The monoisotopic (exact) mass is 422 g/mol. The van der Waals surface area contributed by atoms with Crippen molar-refractivity contribution in [3.05, 3.63) is 41.2 Å². The van der Waals surface area contributed by atoms with E-state index in [0.29, 0.717) is 22.7 Å². The Hall–Kier alpha value is -3.04. The second kappa shape index (κ2) is 7.33. The molecule has 10 heteroatoms. The molecule has 2 atom stereocenters. The van der Waals surface area contributed by atoms with Gasteiger partial charge in [-0.2, -0.15) is 18.3 Å². The second-order valence-electron chi connectivity index (χ2n) is 7.58. The minimum atomic E-state index is -4.33. The van der Waals surface area contributed by atoms with Crippen LogP contribution in [0.25, 0.3) is 0 Å². The van der Waals surface area contributed by atoms with E-state index in [4.69, 9.17) is 4.74 Å². The Morgan fingerprint density at radius 3 is 2.73 bits per heavy atom. The first-order valence-corrected chi connectivity index (χ1v) is 9.58. The molecule has 1 aliphatic heterocycles. The van der Waals surface area contributed by atoms with Crippen LogP contribution >= 0.6 is 0 Å². The van der Waals surface area contributed by atoms with Gasteiger partial charge in [0.05, 0.1) is 17.3 Å². The van der Waals surface area contributed by atoms with Gasteiger partial charge in [0, 0.05) is 19.7 Å². The fourth-order valence-electron chi connectivity index (χ4n) is 4.04. The maximum absolute atomic E-state index is 13.2. The fraction of sp³-hybridized carbons (Fsp3) is 0.450. The number of likely N-dealkylation sites (N-methyl/N-ethyl adjacent to an activating group) is 1. The second-order valence-corrected chi connectivity index (χ2v) is 7.58. The molecule has 2 heterocycles. The van der Waals surface area contributed by atoms with Gasteiger partial charge in [-0.25, -0.2) is 0 Å². The SMILES string of the molecule is CN1C(=O)C(NC(=O)c2c3c(nn2C)CCC(C(F)(F)F)C3)COc2ccccc21. The number of carbonyl (C=O) groups is 2. The maximum Gasteiger partial charge on any atom is 0.392 e. The molecule has 160 valence electrons. The van der Waals surface area contributed by atoms with Gasteiger partial charge in [0.25, 0.3) is 11.8 Å². The van der Waals surface area contributed by atoms with Crippen LogP contribution in [0.3, 0.4) is 0 Å². The van der Waals surface area contributed by atoms with E-state index in [0.717, 1.165) is 0 Å². The number of aryl methyl sites for hydroxylation is 2. The molecule has 7 nitrogen and oxygen atoms in total. The van der Waals surface area contributed by atoms with E-state index < -0.39 is 24.0 Å². The van der Waals surface area contributed by atoms with Crippen molar-refractivity contribution in [1.82, 2.24) is 15.1 Å². The van der Waals surface area contributed by atoms with Crippen LogP contribution in [0.1, 0.15) is 28.2 Å². The lowest BCUT2D eigenvalue weighted by Gasteiger charge is -2.24. The molecule has 1 aromatic heterocycles. The van der Waals surface area contributed by atoms with Crippen molar-refractivity contribution >= 4 is 17.5 Å². The molecular weight excluding hydrogens is 401 g/mol. The minimum Gasteiger partial charge on any atom is -0.489 e. The predicted octanol–water partition coefficient (Wildman–Crippen LogP) is 2.24. The highest BCUT2D eigenvalue weighted by Gasteiger charge is 2.43. The zero-order valence-corrected chi connectivity index (χ0v) is 16.5. The molecule has 30 heavy (non-hydrogen) atoms. The number of rotatable bonds is 2. The van der Waals surface area contributed by atoms with Gasteiger partial charge in [-0.3, -0.25) is 14.3 Å². The van der Waals surface area contributed by atoms with E-state index in [1.165, 1.54) is 16.6 Å². The van der Waals surface area contributed by atoms with E-state index >= 15 is 0 Å². The summed E-state index contributed by atoms with van der Waals surface area (Å²) in [5.41, 5.74) is 1.42. The molecule has 0 spiro atoms. The van der Waals surface area contributed by atoms with Gasteiger partial charge >= 0.3 is 6.18 Å². The van der Waals surface area contributed by atoms with Crippen LogP contribution in [0.4, 0.5) is 18.9 Å². The molecule has 0 saturated carbocycles. The lowest BCUT2D eigenvalue weighted by atomic mass is 9.86. The number of alkyl halides is 3. The molecule has 2 aromatic rings. The van der Waals surface area contributed by atoms with Crippen molar-refractivity contribution in [3.63, 3.8) is 0 Å². The molecule has 1 N–H and O–H groups in total. The molecule has 1 aromatic carbocycles. The van der Waals surface area contributed by atoms with Crippen molar-refractivity contribution in [2.75, 3.05) is 18.6 Å². The number of aromatic nitrogens is 2. The van der Waals surface area contributed by atoms with Crippen molar-refractivity contribution in [2.24, 2.45) is 13.0 Å². The summed E-state index contributed by atoms with van der Waals surface area (Å²) in [6, 6.07) is 6.01. The number of amides is 2. The first-order valence-electron chi connectivity index (χ1n) is 9.58. The third kappa shape index (κ3) is 3.50. The van der Waals surface area contributed by atoms with Crippen LogP contribution in [0.2, 0.25) is 0 Å². The normalized spacial score (nSPS) is 21.4. The van der Waals surface area contributed by atoms with E-state index in [1.807, 2.05) is 0 Å². The summed E-state index contributed by atoms with van der Waals surface area (Å²) in [7, 11) is 3.10. The van der Waals surface area contributed by atoms with Crippen molar-refractivity contribution in [2.45, 2.75) is 31.5 Å². The summed E-state index contributed by atoms with van der Waals surface area (Å²) in [5.74, 6) is -2.02. The first kappa shape index (κ1) is 20.2. The van der Waals surface area contributed by atoms with E-state index in [2.05, 4.69) is 10.4 Å². The van der Waals surface area contributed by atoms with Crippen LogP contribution in [-0.2, 0) is 24.7 Å². The van der Waals surface area contributed by atoms with Crippen molar-refractivity contribution in [1.29, 1.82) is 0 Å². The molecule has 2 aliphatic rings. The van der Waals surface area contributed by atoms with Crippen LogP contribution < -0.4 is 15.0 Å². The maximum atomic E-state index is 13.2. The van der Waals surface area contributed by atoms with Gasteiger partial charge in [-0.1, -0.05) is 12.1 Å². The number of benzene rings is 1. The fourth-order valence-corrected chi connectivity index (χ4v) is 4.04. The Labute approximate surface area is 170 Å². The Balaban J connectivity index is 1.57. The molecule has 0 saturated heterocycles. The Morgan fingerprint density at radius 2 is 2.00 bits per heavy atom. The van der Waals surface area contributed by atoms with Crippen molar-refractivity contribution in [3.8, 4) is 5.75 Å². The number of carbonyl (C=O) groups excluding carboxylic acids is 2. The summed E-state index contributed by atoms with van der Waals surface area (Å²) in [6.45, 7) is -0.0862. The number of halogens is 3. The number of anilines is 1. The van der Waals surface area contributed by atoms with Crippen LogP contribution in [0, 0.1) is 5.92 Å². The van der Waals surface area contributed by atoms with Crippen LogP contribution in [0.15, 0.2) is 24.3 Å². The molecule has 0 radical (unpaired) electrons. The lowest BCUT2D eigenvalue weighted by Crippen LogP contribution is -2.49. The zero-order valence-electron chi connectivity index (χ0n) is 16.5. The van der Waals surface area contributed by atoms with Crippen LogP contribution in [-0.4, -0.2) is 47.5 Å². The first-order chi connectivity index (χ1) is 14.2. The molecule has 2 unspecified atom stereocenters. The Kier molecular flexibility index (Phi) is 4.95. The highest BCUT2D eigenvalue weighted by Crippen LogP contribution is 2.38. The summed E-state index contributed by atoms with van der Waals surface area (Å²) >= 11 is 0. The van der Waals surface area contributed by atoms with E-state index in [9.17, 15) is 22.8 Å². The average Bonchev–Trinajstić information content (AvgIpc) is 2.98. The number of hydrogen-bond acceptors (Lipinski definition) is 4. The van der Waals surface area contributed by atoms with Crippen molar-refractivity contribution < 1.29 is 27.5 Å². The number of fused-ring (bicyclic) bond motifs is 2. The third-order valence-corrected chi connectivity index (χ3v) is 5.65. The highest BCUT2D eigenvalue weighted by molar-refractivity contribution is 6.03. The van der Waals surface area contributed by atoms with Gasteiger partial charge in [0.2, 0.25) is 0 Å². The summed E-state index contributed by atoms with van der Waals surface area (Å²) < 4.78 is 46.6. The standard InChI is InChI=1S/C20H21F3N4O3/c1-26-15-5-3-4-6-16(15)30-10-14(19(26)29)24-18(28)17-12-9-11(20(21,22)23)7-8-13(12)25-27(17)2/h3-6,11,14H,7-10H2,1-2H3,(H,24,28). The van der Waals surface area contributed by atoms with Gasteiger partial charge in [0.1, 0.15) is 24.1 Å². The van der Waals surface area contributed by atoms with Gasteiger partial charge in [0.15, 0.2) is 0 Å². The Bertz CT molecular complexity index is 1000. The molecule has 2 amide bonds. The average molecular weight is 422 g/mol. The largest absolute Gasteiger partial charge is 0.489 e. The lowest BCUT2D eigenvalue weighted by molar-refractivity contribution is -0.177. The summed E-state index contributed by atoms with van der Waals surface area (Å²) in [5, 5.41) is 6.85. The highest BCUT2D eigenvalue weighted by atomic mass is 19.4. The van der Waals surface area contributed by atoms with Crippen LogP contribution in [0.5, 0.6) is 5.75 Å². The Morgan fingerprint density at radius 1 is 1.27 bits per heavy atom. The van der Waals surface area contributed by atoms with Gasteiger partial charge in [-0.05, 0) is 31.4 Å². The molecular formula is C20H21F3N4O3. The van der Waals surface area contributed by atoms with E-state index in [1.54, 1.807) is 31.3 Å². The quantitative estimate of drug-likeness (QED) is 0.806. The van der Waals surface area contributed by atoms with Gasteiger partial charge < -0.3 is 15.0 Å².